The van der Waals surface area contributed by atoms with Crippen LogP contribution in [-0.2, 0) is 26.9 Å². The number of carbonyl (C=O) groups is 1. The zero-order chi connectivity index (χ0) is 22.0. The summed E-state index contributed by atoms with van der Waals surface area (Å²) in [5, 5.41) is 9.21. The van der Waals surface area contributed by atoms with Crippen LogP contribution in [0.3, 0.4) is 0 Å². The van der Waals surface area contributed by atoms with Crippen molar-refractivity contribution in [2.45, 2.75) is 51.3 Å². The highest BCUT2D eigenvalue weighted by Gasteiger charge is 2.20. The lowest BCUT2D eigenvalue weighted by atomic mass is 9.89. The Bertz CT molecular complexity index is 843. The molecule has 7 nitrogen and oxygen atoms in total. The van der Waals surface area contributed by atoms with Crippen molar-refractivity contribution in [2.24, 2.45) is 10.9 Å². The van der Waals surface area contributed by atoms with E-state index >= 15 is 0 Å². The molecule has 0 saturated heterocycles. The van der Waals surface area contributed by atoms with Crippen LogP contribution in [0.15, 0.2) is 23.2 Å². The van der Waals surface area contributed by atoms with Gasteiger partial charge in [0.2, 0.25) is 5.91 Å². The second kappa shape index (κ2) is 13.9. The second-order valence-electron chi connectivity index (χ2n) is 7.73. The molecule has 3 N–H and O–H groups in total. The van der Waals surface area contributed by atoms with Crippen LogP contribution in [0.5, 0.6) is 0 Å². The Kier molecular flexibility index (Phi) is 12.3. The predicted molar refractivity (Wildman–Crippen MR) is 133 cm³/mol. The van der Waals surface area contributed by atoms with Gasteiger partial charge in [-0.1, -0.05) is 25.3 Å². The molecule has 0 radical (unpaired) electrons. The normalized spacial score (nSPS) is 15.1. The minimum Gasteiger partial charge on any atom is -0.357 e. The number of carbonyl (C=O) groups excluding carboxylic acids is 1. The van der Waals surface area contributed by atoms with Gasteiger partial charge in [-0.05, 0) is 43.0 Å². The smallest absolute Gasteiger partial charge is 0.223 e. The number of benzene rings is 1. The van der Waals surface area contributed by atoms with Gasteiger partial charge in [0, 0.05) is 31.8 Å². The van der Waals surface area contributed by atoms with E-state index in [4.69, 9.17) is 0 Å². The molecule has 1 fully saturated rings. The molecule has 2 rings (SSSR count). The first-order valence-electron chi connectivity index (χ1n) is 10.5. The van der Waals surface area contributed by atoms with Crippen molar-refractivity contribution in [3.63, 3.8) is 0 Å². The van der Waals surface area contributed by atoms with Crippen LogP contribution in [0, 0.1) is 11.7 Å². The first-order valence-corrected chi connectivity index (χ1v) is 12.6. The molecule has 1 amide bonds. The minimum atomic E-state index is -3.24. The molecule has 0 bridgehead atoms. The minimum absolute atomic E-state index is 0. The lowest BCUT2D eigenvalue weighted by Crippen LogP contribution is -2.42. The Morgan fingerprint density at radius 2 is 1.77 bits per heavy atom. The van der Waals surface area contributed by atoms with Crippen molar-refractivity contribution in [1.82, 2.24) is 16.0 Å². The lowest BCUT2D eigenvalue weighted by molar-refractivity contribution is -0.125. The van der Waals surface area contributed by atoms with Gasteiger partial charge in [0.25, 0.3) is 0 Å². The van der Waals surface area contributed by atoms with E-state index in [-0.39, 0.29) is 48.1 Å². The quantitative estimate of drug-likeness (QED) is 0.184. The second-order valence-corrected chi connectivity index (χ2v) is 9.87. The zero-order valence-electron chi connectivity index (χ0n) is 18.2. The Morgan fingerprint density at radius 1 is 1.10 bits per heavy atom. The molecule has 1 saturated carbocycles. The fraction of sp³-hybridized carbons (Fsp3) is 0.619. The molecule has 0 spiro atoms. The molecule has 0 unspecified atom stereocenters. The van der Waals surface area contributed by atoms with Crippen LogP contribution < -0.4 is 16.0 Å². The van der Waals surface area contributed by atoms with Crippen molar-refractivity contribution < 1.29 is 17.6 Å². The predicted octanol–water partition coefficient (Wildman–Crippen LogP) is 2.74. The highest BCUT2D eigenvalue weighted by atomic mass is 127. The number of sulfone groups is 1. The standard InChI is InChI=1S/C21H33FN4O3S.HI/c1-3-23-21(25-12-11-24-20(27)16-7-5-4-6-8-16)26-14-18-13-19(22)10-9-17(18)15-30(2,28)29;/h9-10,13,16H,3-8,11-12,14-15H2,1-2H3,(H,24,27)(H2,23,25,26);1H. The SMILES string of the molecule is CCNC(=NCc1cc(F)ccc1CS(C)(=O)=O)NCCNC(=O)C1CCCCC1.I. The molecule has 0 heterocycles. The van der Waals surface area contributed by atoms with Gasteiger partial charge in [-0.15, -0.1) is 24.0 Å². The van der Waals surface area contributed by atoms with E-state index in [2.05, 4.69) is 20.9 Å². The van der Waals surface area contributed by atoms with Crippen LogP contribution in [0.2, 0.25) is 0 Å². The van der Waals surface area contributed by atoms with E-state index in [0.29, 0.717) is 36.7 Å². The Morgan fingerprint density at radius 3 is 2.42 bits per heavy atom. The number of nitrogens with zero attached hydrogens (tertiary/aromatic N) is 1. The zero-order valence-corrected chi connectivity index (χ0v) is 21.4. The maximum Gasteiger partial charge on any atom is 0.223 e. The first kappa shape index (κ1) is 27.6. The van der Waals surface area contributed by atoms with Crippen LogP contribution in [0.4, 0.5) is 4.39 Å². The molecule has 1 aromatic carbocycles. The largest absolute Gasteiger partial charge is 0.357 e. The molecule has 0 aromatic heterocycles. The first-order chi connectivity index (χ1) is 14.3. The maximum absolute atomic E-state index is 13.7. The molecule has 1 aromatic rings. The average Bonchev–Trinajstić information content (AvgIpc) is 2.70. The van der Waals surface area contributed by atoms with E-state index < -0.39 is 15.7 Å². The summed E-state index contributed by atoms with van der Waals surface area (Å²) >= 11 is 0. The van der Waals surface area contributed by atoms with E-state index in [1.165, 1.54) is 24.6 Å². The number of hydrogen-bond donors (Lipinski definition) is 3. The third-order valence-electron chi connectivity index (χ3n) is 5.03. The molecule has 10 heteroatoms. The van der Waals surface area contributed by atoms with Gasteiger partial charge >= 0.3 is 0 Å². The number of hydrogen-bond acceptors (Lipinski definition) is 4. The summed E-state index contributed by atoms with van der Waals surface area (Å²) in [6, 6.07) is 4.06. The Labute approximate surface area is 202 Å². The molecular weight excluding hydrogens is 534 g/mol. The number of amides is 1. The van der Waals surface area contributed by atoms with Gasteiger partial charge in [0.05, 0.1) is 12.3 Å². The topological polar surface area (TPSA) is 99.7 Å². The Balaban J connectivity index is 0.00000480. The van der Waals surface area contributed by atoms with Crippen LogP contribution in [0.25, 0.3) is 0 Å². The van der Waals surface area contributed by atoms with E-state index in [0.717, 1.165) is 31.9 Å². The molecule has 176 valence electrons. The molecular formula is C21H34FIN4O3S. The molecule has 1 aliphatic carbocycles. The van der Waals surface area contributed by atoms with Gasteiger partial charge in [-0.3, -0.25) is 4.79 Å². The highest BCUT2D eigenvalue weighted by molar-refractivity contribution is 14.0. The Hall–Kier alpha value is -1.43. The summed E-state index contributed by atoms with van der Waals surface area (Å²) in [6.07, 6.45) is 6.53. The molecule has 1 aliphatic rings. The summed E-state index contributed by atoms with van der Waals surface area (Å²) < 4.78 is 36.9. The van der Waals surface area contributed by atoms with Gasteiger partial charge in [0.1, 0.15) is 5.82 Å². The van der Waals surface area contributed by atoms with Gasteiger partial charge in [-0.25, -0.2) is 17.8 Å². The third-order valence-corrected chi connectivity index (χ3v) is 5.87. The van der Waals surface area contributed by atoms with E-state index in [9.17, 15) is 17.6 Å². The fourth-order valence-corrected chi connectivity index (χ4v) is 4.39. The van der Waals surface area contributed by atoms with Gasteiger partial charge < -0.3 is 16.0 Å². The summed E-state index contributed by atoms with van der Waals surface area (Å²) in [4.78, 5) is 16.6. The van der Waals surface area contributed by atoms with Gasteiger partial charge in [-0.2, -0.15) is 0 Å². The number of rotatable bonds is 9. The number of nitrogens with one attached hydrogen (secondary N) is 3. The lowest BCUT2D eigenvalue weighted by Gasteiger charge is -2.21. The summed E-state index contributed by atoms with van der Waals surface area (Å²) in [6.45, 7) is 3.70. The number of halogens is 2. The van der Waals surface area contributed by atoms with Gasteiger partial charge in [0.15, 0.2) is 15.8 Å². The summed E-state index contributed by atoms with van der Waals surface area (Å²) in [5.41, 5.74) is 1.07. The number of guanidine groups is 1. The summed E-state index contributed by atoms with van der Waals surface area (Å²) in [5.74, 6) is 0.181. The van der Waals surface area contributed by atoms with E-state index in [1.807, 2.05) is 6.92 Å². The fourth-order valence-electron chi connectivity index (χ4n) is 3.55. The van der Waals surface area contributed by atoms with Crippen LogP contribution in [-0.4, -0.2) is 46.2 Å². The monoisotopic (exact) mass is 568 g/mol. The van der Waals surface area contributed by atoms with Crippen LogP contribution in [0.1, 0.15) is 50.2 Å². The molecule has 31 heavy (non-hydrogen) atoms. The van der Waals surface area contributed by atoms with Crippen molar-refractivity contribution >= 4 is 45.7 Å². The van der Waals surface area contributed by atoms with Crippen molar-refractivity contribution in [3.05, 3.63) is 35.1 Å². The highest BCUT2D eigenvalue weighted by Crippen LogP contribution is 2.23. The number of aliphatic imine (C=N–C) groups is 1. The van der Waals surface area contributed by atoms with Crippen molar-refractivity contribution in [3.8, 4) is 0 Å². The maximum atomic E-state index is 13.7. The van der Waals surface area contributed by atoms with E-state index in [1.54, 1.807) is 0 Å². The van der Waals surface area contributed by atoms with Crippen molar-refractivity contribution in [2.75, 3.05) is 25.9 Å². The van der Waals surface area contributed by atoms with Crippen LogP contribution >= 0.6 is 24.0 Å². The molecule has 0 aliphatic heterocycles. The van der Waals surface area contributed by atoms with Crippen molar-refractivity contribution in [1.29, 1.82) is 0 Å². The molecule has 0 atom stereocenters. The summed E-state index contributed by atoms with van der Waals surface area (Å²) in [7, 11) is -3.24. The third kappa shape index (κ3) is 10.6. The average molecular weight is 568 g/mol.